The van der Waals surface area contributed by atoms with Crippen LogP contribution in [0.25, 0.3) is 5.69 Å². The summed E-state index contributed by atoms with van der Waals surface area (Å²) in [6, 6.07) is 7.70. The molecule has 0 radical (unpaired) electrons. The number of benzene rings is 1. The van der Waals surface area contributed by atoms with Crippen LogP contribution in [0.3, 0.4) is 0 Å². The molecule has 0 unspecified atom stereocenters. The number of nitrogens with zero attached hydrogens (tertiary/aromatic N) is 4. The lowest BCUT2D eigenvalue weighted by Crippen LogP contribution is -2.29. The van der Waals surface area contributed by atoms with Crippen LogP contribution in [-0.4, -0.2) is 37.8 Å². The summed E-state index contributed by atoms with van der Waals surface area (Å²) in [4.78, 5) is 22.2. The van der Waals surface area contributed by atoms with E-state index in [2.05, 4.69) is 20.8 Å². The van der Waals surface area contributed by atoms with Crippen LogP contribution in [0.2, 0.25) is 0 Å². The molecule has 2 aromatic rings. The van der Waals surface area contributed by atoms with E-state index in [9.17, 15) is 9.59 Å². The monoisotopic (exact) mass is 291 g/mol. The summed E-state index contributed by atoms with van der Waals surface area (Å²) in [7, 11) is 0. The van der Waals surface area contributed by atoms with Crippen LogP contribution in [0.15, 0.2) is 29.4 Å². The summed E-state index contributed by atoms with van der Waals surface area (Å²) >= 11 is 1.17. The topological polar surface area (TPSA) is 89.8 Å². The molecule has 0 fully saturated rings. The van der Waals surface area contributed by atoms with Gasteiger partial charge in [0.25, 0.3) is 0 Å². The third-order valence-corrected chi connectivity index (χ3v) is 3.25. The number of aromatic nitrogens is 4. The summed E-state index contributed by atoms with van der Waals surface area (Å²) < 4.78 is 1.55. The number of carbonyl (C=O) groups is 2. The molecule has 0 aliphatic rings. The molecule has 2 amide bonds. The van der Waals surface area contributed by atoms with Gasteiger partial charge in [0.2, 0.25) is 17.0 Å². The maximum atomic E-state index is 11.4. The quantitative estimate of drug-likeness (QED) is 0.835. The van der Waals surface area contributed by atoms with E-state index in [0.717, 1.165) is 11.3 Å². The molecular formula is C12H13N5O2S. The SMILES string of the molecule is CC(=O)NC(=O)CSc1nnnn1-c1cccc(C)c1. The van der Waals surface area contributed by atoms with Crippen LogP contribution in [0.4, 0.5) is 0 Å². The lowest BCUT2D eigenvalue weighted by Gasteiger charge is -2.04. The number of carbonyl (C=O) groups excluding carboxylic acids is 2. The Morgan fingerprint density at radius 3 is 2.90 bits per heavy atom. The summed E-state index contributed by atoms with van der Waals surface area (Å²) in [6.07, 6.45) is 0. The van der Waals surface area contributed by atoms with Crippen molar-refractivity contribution in [3.63, 3.8) is 0 Å². The number of imide groups is 1. The fourth-order valence-electron chi connectivity index (χ4n) is 1.55. The highest BCUT2D eigenvalue weighted by Crippen LogP contribution is 2.18. The Morgan fingerprint density at radius 2 is 2.20 bits per heavy atom. The molecule has 1 heterocycles. The fourth-order valence-corrected chi connectivity index (χ4v) is 2.24. The Morgan fingerprint density at radius 1 is 1.40 bits per heavy atom. The van der Waals surface area contributed by atoms with Crippen molar-refractivity contribution in [3.05, 3.63) is 29.8 Å². The zero-order chi connectivity index (χ0) is 14.5. The van der Waals surface area contributed by atoms with Crippen LogP contribution in [0.5, 0.6) is 0 Å². The van der Waals surface area contributed by atoms with Gasteiger partial charge >= 0.3 is 0 Å². The molecule has 1 N–H and O–H groups in total. The molecule has 2 rings (SSSR count). The third-order valence-electron chi connectivity index (χ3n) is 2.33. The summed E-state index contributed by atoms with van der Waals surface area (Å²) in [5.74, 6) is -0.679. The molecule has 0 bridgehead atoms. The summed E-state index contributed by atoms with van der Waals surface area (Å²) in [5.41, 5.74) is 1.91. The maximum absolute atomic E-state index is 11.4. The van der Waals surface area contributed by atoms with Crippen molar-refractivity contribution in [1.82, 2.24) is 25.5 Å². The van der Waals surface area contributed by atoms with Gasteiger partial charge in [-0.2, -0.15) is 4.68 Å². The zero-order valence-electron chi connectivity index (χ0n) is 11.0. The first-order valence-corrected chi connectivity index (χ1v) is 6.83. The van der Waals surface area contributed by atoms with E-state index in [4.69, 9.17) is 0 Å². The fraction of sp³-hybridized carbons (Fsp3) is 0.250. The summed E-state index contributed by atoms with van der Waals surface area (Å²) in [5, 5.41) is 14.1. The van der Waals surface area contributed by atoms with Gasteiger partial charge in [-0.05, 0) is 35.0 Å². The molecule has 0 saturated heterocycles. The van der Waals surface area contributed by atoms with Gasteiger partial charge in [-0.15, -0.1) is 5.10 Å². The van der Waals surface area contributed by atoms with Crippen LogP contribution in [0, 0.1) is 6.92 Å². The predicted molar refractivity (Wildman–Crippen MR) is 73.4 cm³/mol. The van der Waals surface area contributed by atoms with Gasteiger partial charge in [-0.1, -0.05) is 23.9 Å². The van der Waals surface area contributed by atoms with Crippen molar-refractivity contribution in [1.29, 1.82) is 0 Å². The lowest BCUT2D eigenvalue weighted by atomic mass is 10.2. The number of rotatable bonds is 4. The smallest absolute Gasteiger partial charge is 0.237 e. The lowest BCUT2D eigenvalue weighted by molar-refractivity contribution is -0.127. The number of hydrogen-bond acceptors (Lipinski definition) is 6. The van der Waals surface area contributed by atoms with Crippen LogP contribution in [-0.2, 0) is 9.59 Å². The normalized spacial score (nSPS) is 10.3. The first kappa shape index (κ1) is 14.2. The van der Waals surface area contributed by atoms with Crippen molar-refractivity contribution in [2.45, 2.75) is 19.0 Å². The first-order valence-electron chi connectivity index (χ1n) is 5.85. The van der Waals surface area contributed by atoms with Crippen molar-refractivity contribution < 1.29 is 9.59 Å². The Kier molecular flexibility index (Phi) is 4.46. The zero-order valence-corrected chi connectivity index (χ0v) is 11.8. The highest BCUT2D eigenvalue weighted by Gasteiger charge is 2.12. The predicted octanol–water partition coefficient (Wildman–Crippen LogP) is 0.726. The van der Waals surface area contributed by atoms with Gasteiger partial charge in [0.1, 0.15) is 0 Å². The first-order chi connectivity index (χ1) is 9.56. The third kappa shape index (κ3) is 3.64. The average molecular weight is 291 g/mol. The highest BCUT2D eigenvalue weighted by atomic mass is 32.2. The Hall–Kier alpha value is -2.22. The molecule has 8 heteroatoms. The number of nitrogens with one attached hydrogen (secondary N) is 1. The van der Waals surface area contributed by atoms with Crippen molar-refractivity contribution in [2.75, 3.05) is 5.75 Å². The number of amides is 2. The maximum Gasteiger partial charge on any atom is 0.237 e. The molecule has 1 aromatic heterocycles. The van der Waals surface area contributed by atoms with E-state index in [-0.39, 0.29) is 17.6 Å². The summed E-state index contributed by atoms with van der Waals surface area (Å²) in [6.45, 7) is 3.26. The van der Waals surface area contributed by atoms with Gasteiger partial charge in [0.05, 0.1) is 11.4 Å². The minimum absolute atomic E-state index is 0.0752. The number of thioether (sulfide) groups is 1. The van der Waals surface area contributed by atoms with Gasteiger partial charge in [0.15, 0.2) is 0 Å². The molecule has 104 valence electrons. The molecule has 20 heavy (non-hydrogen) atoms. The van der Waals surface area contributed by atoms with E-state index >= 15 is 0 Å². The highest BCUT2D eigenvalue weighted by molar-refractivity contribution is 7.99. The van der Waals surface area contributed by atoms with Gasteiger partial charge in [-0.3, -0.25) is 14.9 Å². The van der Waals surface area contributed by atoms with E-state index < -0.39 is 0 Å². The second kappa shape index (κ2) is 6.29. The Labute approximate surface area is 119 Å². The second-order valence-electron chi connectivity index (χ2n) is 4.11. The molecule has 0 atom stereocenters. The van der Waals surface area contributed by atoms with Gasteiger partial charge < -0.3 is 0 Å². The van der Waals surface area contributed by atoms with E-state index in [0.29, 0.717) is 5.16 Å². The standard InChI is InChI=1S/C12H13N5O2S/c1-8-4-3-5-10(6-8)17-12(14-15-16-17)20-7-11(19)13-9(2)18/h3-6H,7H2,1-2H3,(H,13,18,19). The van der Waals surface area contributed by atoms with Gasteiger partial charge in [-0.25, -0.2) is 0 Å². The van der Waals surface area contributed by atoms with Gasteiger partial charge in [0, 0.05) is 6.92 Å². The second-order valence-corrected chi connectivity index (χ2v) is 5.05. The van der Waals surface area contributed by atoms with E-state index in [1.165, 1.54) is 18.7 Å². The number of hydrogen-bond donors (Lipinski definition) is 1. The number of tetrazole rings is 1. The molecule has 0 spiro atoms. The minimum Gasteiger partial charge on any atom is -0.296 e. The molecule has 1 aromatic carbocycles. The Bertz CT molecular complexity index is 640. The van der Waals surface area contributed by atoms with Crippen LogP contribution >= 0.6 is 11.8 Å². The van der Waals surface area contributed by atoms with Crippen LogP contribution < -0.4 is 5.32 Å². The largest absolute Gasteiger partial charge is 0.296 e. The van der Waals surface area contributed by atoms with Crippen molar-refractivity contribution >= 4 is 23.6 Å². The average Bonchev–Trinajstić information content (AvgIpc) is 2.84. The molecule has 0 saturated carbocycles. The van der Waals surface area contributed by atoms with Crippen molar-refractivity contribution in [3.8, 4) is 5.69 Å². The minimum atomic E-state index is -0.381. The number of aryl methyl sites for hydroxylation is 1. The van der Waals surface area contributed by atoms with Crippen molar-refractivity contribution in [2.24, 2.45) is 0 Å². The molecule has 0 aliphatic carbocycles. The van der Waals surface area contributed by atoms with E-state index in [1.54, 1.807) is 4.68 Å². The van der Waals surface area contributed by atoms with Crippen LogP contribution in [0.1, 0.15) is 12.5 Å². The van der Waals surface area contributed by atoms with E-state index in [1.807, 2.05) is 31.2 Å². The molecule has 7 nitrogen and oxygen atoms in total. The molecule has 0 aliphatic heterocycles. The Balaban J connectivity index is 2.09. The molecular weight excluding hydrogens is 278 g/mol.